The first-order valence-electron chi connectivity index (χ1n) is 9.06. The Labute approximate surface area is 188 Å². The first-order chi connectivity index (χ1) is 14.6. The summed E-state index contributed by atoms with van der Waals surface area (Å²) in [5.41, 5.74) is 0.577. The summed E-state index contributed by atoms with van der Waals surface area (Å²) in [6.45, 7) is -0.00643. The SMILES string of the molecule is NS(=S)OC(COc1ccc(CC2SC(=O)CC2=O)cc1)c1ccc(C(F)(F)F)cc1. The molecule has 5 nitrogen and oxygen atoms in total. The fourth-order valence-electron chi connectivity index (χ4n) is 2.97. The molecule has 0 aliphatic carbocycles. The number of carbonyl (C=O) groups excluding carboxylic acids is 2. The van der Waals surface area contributed by atoms with E-state index in [2.05, 4.69) is 0 Å². The summed E-state index contributed by atoms with van der Waals surface area (Å²) in [5.74, 6) is 0.444. The Morgan fingerprint density at radius 2 is 1.77 bits per heavy atom. The number of Topliss-reactive ketones (excluding diaryl/α,β-unsaturated/α-hetero) is 1. The van der Waals surface area contributed by atoms with Gasteiger partial charge in [-0.2, -0.15) is 13.2 Å². The van der Waals surface area contributed by atoms with Gasteiger partial charge in [-0.05, 0) is 53.0 Å². The average molecular weight is 490 g/mol. The van der Waals surface area contributed by atoms with Crippen LogP contribution in [-0.2, 0) is 47.5 Å². The number of halogens is 3. The smallest absolute Gasteiger partial charge is 0.416 e. The Kier molecular flexibility index (Phi) is 7.87. The maximum atomic E-state index is 12.8. The van der Waals surface area contributed by atoms with Gasteiger partial charge in [0.25, 0.3) is 0 Å². The van der Waals surface area contributed by atoms with Gasteiger partial charge in [0.05, 0.1) is 27.2 Å². The fourth-order valence-corrected chi connectivity index (χ4v) is 4.68. The highest BCUT2D eigenvalue weighted by molar-refractivity contribution is 8.24. The summed E-state index contributed by atoms with van der Waals surface area (Å²) >= 11 is 5.93. The molecule has 1 fully saturated rings. The van der Waals surface area contributed by atoms with Gasteiger partial charge in [-0.1, -0.05) is 36.0 Å². The Hall–Kier alpha value is -1.79. The van der Waals surface area contributed by atoms with Gasteiger partial charge in [-0.3, -0.25) is 18.9 Å². The predicted octanol–water partition coefficient (Wildman–Crippen LogP) is 3.85. The molecule has 1 heterocycles. The number of benzene rings is 2. The number of thioether (sulfide) groups is 1. The number of hydrogen-bond acceptors (Lipinski definition) is 6. The second kappa shape index (κ2) is 10.2. The van der Waals surface area contributed by atoms with E-state index in [4.69, 9.17) is 25.2 Å². The quantitative estimate of drug-likeness (QED) is 0.564. The summed E-state index contributed by atoms with van der Waals surface area (Å²) < 4.78 is 49.5. The van der Waals surface area contributed by atoms with Crippen molar-refractivity contribution in [3.63, 3.8) is 0 Å². The third-order valence-electron chi connectivity index (χ3n) is 4.52. The van der Waals surface area contributed by atoms with E-state index in [0.717, 1.165) is 29.5 Å². The van der Waals surface area contributed by atoms with Crippen LogP contribution in [0.25, 0.3) is 0 Å². The normalized spacial score (nSPS) is 18.8. The van der Waals surface area contributed by atoms with Crippen LogP contribution in [0.5, 0.6) is 5.75 Å². The molecule has 0 bridgehead atoms. The molecule has 3 rings (SSSR count). The van der Waals surface area contributed by atoms with E-state index >= 15 is 0 Å². The zero-order valence-electron chi connectivity index (χ0n) is 16.0. The first kappa shape index (κ1) is 23.9. The summed E-state index contributed by atoms with van der Waals surface area (Å²) in [5, 5.41) is 5.09. The van der Waals surface area contributed by atoms with Crippen LogP contribution in [0, 0.1) is 0 Å². The number of carbonyl (C=O) groups is 2. The zero-order chi connectivity index (χ0) is 22.6. The second-order valence-electron chi connectivity index (χ2n) is 6.75. The van der Waals surface area contributed by atoms with Crippen LogP contribution in [-0.4, -0.2) is 22.8 Å². The van der Waals surface area contributed by atoms with Crippen LogP contribution in [0.15, 0.2) is 48.5 Å². The average Bonchev–Trinajstić information content (AvgIpc) is 3.02. The molecule has 2 aromatic carbocycles. The van der Waals surface area contributed by atoms with Crippen LogP contribution in [0.1, 0.15) is 29.2 Å². The van der Waals surface area contributed by atoms with Crippen molar-refractivity contribution >= 4 is 43.8 Å². The van der Waals surface area contributed by atoms with Gasteiger partial charge in [-0.25, -0.2) is 0 Å². The maximum absolute atomic E-state index is 12.8. The van der Waals surface area contributed by atoms with Crippen molar-refractivity contribution in [2.75, 3.05) is 6.61 Å². The number of hydrogen-bond donors (Lipinski definition) is 1. The molecular formula is C20H18F3NO4S3. The predicted molar refractivity (Wildman–Crippen MR) is 116 cm³/mol. The highest BCUT2D eigenvalue weighted by Gasteiger charge is 2.32. The van der Waals surface area contributed by atoms with Crippen molar-refractivity contribution in [3.8, 4) is 5.75 Å². The van der Waals surface area contributed by atoms with E-state index in [0.29, 0.717) is 17.7 Å². The first-order valence-corrected chi connectivity index (χ1v) is 12.1. The van der Waals surface area contributed by atoms with Gasteiger partial charge in [0, 0.05) is 0 Å². The van der Waals surface area contributed by atoms with Crippen LogP contribution >= 0.6 is 11.8 Å². The third kappa shape index (κ3) is 6.84. The van der Waals surface area contributed by atoms with Gasteiger partial charge < -0.3 is 4.74 Å². The molecule has 0 aromatic heterocycles. The molecule has 0 radical (unpaired) electrons. The minimum atomic E-state index is -4.43. The van der Waals surface area contributed by atoms with Crippen molar-refractivity contribution in [3.05, 3.63) is 65.2 Å². The summed E-state index contributed by atoms with van der Waals surface area (Å²) in [6, 6.07) is 11.5. The Morgan fingerprint density at radius 1 is 1.13 bits per heavy atom. The second-order valence-corrected chi connectivity index (χ2v) is 9.70. The van der Waals surface area contributed by atoms with Crippen molar-refractivity contribution < 1.29 is 31.7 Å². The fraction of sp³-hybridized carbons (Fsp3) is 0.300. The molecule has 166 valence electrons. The lowest BCUT2D eigenvalue weighted by molar-refractivity contribution is -0.137. The Bertz CT molecular complexity index is 965. The molecular weight excluding hydrogens is 471 g/mol. The molecule has 0 spiro atoms. The zero-order valence-corrected chi connectivity index (χ0v) is 18.4. The Morgan fingerprint density at radius 3 is 2.29 bits per heavy atom. The van der Waals surface area contributed by atoms with Crippen LogP contribution in [0.2, 0.25) is 0 Å². The van der Waals surface area contributed by atoms with Gasteiger partial charge in [0.2, 0.25) is 0 Å². The molecule has 2 N–H and O–H groups in total. The van der Waals surface area contributed by atoms with Gasteiger partial charge >= 0.3 is 6.18 Å². The molecule has 1 saturated heterocycles. The number of alkyl halides is 3. The molecule has 1 aliphatic heterocycles. The van der Waals surface area contributed by atoms with E-state index in [1.54, 1.807) is 24.3 Å². The standard InChI is InChI=1S/C20H18F3NO4S3/c21-20(22,23)14-5-3-13(4-6-14)17(28-31(24)29)11-27-15-7-1-12(2-8-15)9-18-16(25)10-19(26)30-18/h1-8,17-18H,9-11,24H2. The van der Waals surface area contributed by atoms with Crippen LogP contribution in [0.3, 0.4) is 0 Å². The van der Waals surface area contributed by atoms with Gasteiger partial charge in [0.15, 0.2) is 10.9 Å². The van der Waals surface area contributed by atoms with E-state index in [1.807, 2.05) is 0 Å². The largest absolute Gasteiger partial charge is 0.490 e. The van der Waals surface area contributed by atoms with Crippen molar-refractivity contribution in [1.29, 1.82) is 0 Å². The number of nitrogens with two attached hydrogens (primary N) is 1. The lowest BCUT2D eigenvalue weighted by atomic mass is 10.1. The minimum absolute atomic E-state index is 0.00643. The summed E-state index contributed by atoms with van der Waals surface area (Å²) in [4.78, 5) is 23.1. The van der Waals surface area contributed by atoms with Crippen LogP contribution < -0.4 is 9.88 Å². The maximum Gasteiger partial charge on any atom is 0.416 e. The lowest BCUT2D eigenvalue weighted by Gasteiger charge is -2.19. The van der Waals surface area contributed by atoms with Crippen molar-refractivity contribution in [1.82, 2.24) is 0 Å². The number of ketones is 1. The molecule has 0 amide bonds. The van der Waals surface area contributed by atoms with Crippen molar-refractivity contribution in [2.45, 2.75) is 30.4 Å². The lowest BCUT2D eigenvalue weighted by Crippen LogP contribution is -2.18. The molecule has 3 unspecified atom stereocenters. The highest BCUT2D eigenvalue weighted by Crippen LogP contribution is 2.31. The minimum Gasteiger partial charge on any atom is -0.490 e. The summed E-state index contributed by atoms with van der Waals surface area (Å²) in [6.07, 6.45) is -4.74. The van der Waals surface area contributed by atoms with Gasteiger partial charge in [0.1, 0.15) is 18.5 Å². The van der Waals surface area contributed by atoms with E-state index in [1.165, 1.54) is 12.1 Å². The number of rotatable bonds is 8. The molecule has 11 heteroatoms. The molecule has 3 atom stereocenters. The molecule has 0 saturated carbocycles. The van der Waals surface area contributed by atoms with E-state index in [9.17, 15) is 22.8 Å². The van der Waals surface area contributed by atoms with E-state index in [-0.39, 0.29) is 29.2 Å². The van der Waals surface area contributed by atoms with Crippen LogP contribution in [0.4, 0.5) is 13.2 Å². The van der Waals surface area contributed by atoms with E-state index < -0.39 is 27.8 Å². The topological polar surface area (TPSA) is 78.6 Å². The molecule has 2 aromatic rings. The highest BCUT2D eigenvalue weighted by atomic mass is 32.8. The monoisotopic (exact) mass is 489 g/mol. The summed E-state index contributed by atoms with van der Waals surface area (Å²) in [7, 11) is -1.32. The third-order valence-corrected chi connectivity index (χ3v) is 6.30. The molecule has 31 heavy (non-hydrogen) atoms. The Balaban J connectivity index is 1.63. The molecule has 1 aliphatic rings. The van der Waals surface area contributed by atoms with Gasteiger partial charge in [-0.15, -0.1) is 0 Å². The number of ether oxygens (including phenoxy) is 1. The van der Waals surface area contributed by atoms with Crippen molar-refractivity contribution in [2.24, 2.45) is 5.14 Å².